The van der Waals surface area contributed by atoms with Gasteiger partial charge >= 0.3 is 6.09 Å². The van der Waals surface area contributed by atoms with Crippen molar-refractivity contribution in [2.24, 2.45) is 35.0 Å². The Hall–Kier alpha value is -3.79. The molecule has 1 aliphatic rings. The molecule has 1 aliphatic carbocycles. The molecule has 7 heteroatoms. The van der Waals surface area contributed by atoms with Crippen LogP contribution in [0.4, 0.5) is 10.5 Å². The van der Waals surface area contributed by atoms with Gasteiger partial charge in [-0.1, -0.05) is 72.2 Å². The summed E-state index contributed by atoms with van der Waals surface area (Å²) in [6, 6.07) is 6.46. The Kier molecular flexibility index (Phi) is 10.7. The number of carbonyl (C=O) groups excluding carboxylic acids is 1. The third-order valence-corrected chi connectivity index (χ3v) is 9.49. The number of hydrogen-bond donors (Lipinski definition) is 1. The summed E-state index contributed by atoms with van der Waals surface area (Å²) in [4.78, 5) is 24.1. The summed E-state index contributed by atoms with van der Waals surface area (Å²) in [5, 5.41) is 3.42. The van der Waals surface area contributed by atoms with Gasteiger partial charge in [-0.3, -0.25) is 5.10 Å². The minimum Gasteiger partial charge on any atom is -0.402 e. The first-order valence-electron chi connectivity index (χ1n) is 16.6. The van der Waals surface area contributed by atoms with Gasteiger partial charge in [0.1, 0.15) is 5.65 Å². The normalized spacial score (nSPS) is 20.3. The van der Waals surface area contributed by atoms with Crippen LogP contribution in [0.15, 0.2) is 43.5 Å². The highest BCUT2D eigenvalue weighted by molar-refractivity contribution is 5.80. The molecular weight excluding hydrogens is 558 g/mol. The molecule has 7 nitrogen and oxygen atoms in total. The van der Waals surface area contributed by atoms with E-state index in [1.165, 1.54) is 23.3 Å². The van der Waals surface area contributed by atoms with E-state index in [0.29, 0.717) is 66.3 Å². The molecule has 0 spiro atoms. The molecule has 2 heterocycles. The van der Waals surface area contributed by atoms with Crippen LogP contribution in [0.2, 0.25) is 0 Å². The molecule has 242 valence electrons. The molecule has 0 radical (unpaired) electrons. The van der Waals surface area contributed by atoms with Crippen molar-refractivity contribution in [3.63, 3.8) is 0 Å². The Bertz CT molecular complexity index is 1550. The lowest BCUT2D eigenvalue weighted by atomic mass is 9.57. The molecule has 2 aromatic heterocycles. The number of ether oxygens (including phenoxy) is 1. The molecule has 0 bridgehead atoms. The number of fused-ring (bicyclic) bond motifs is 1. The quantitative estimate of drug-likeness (QED) is 0.173. The lowest BCUT2D eigenvalue weighted by Crippen LogP contribution is -2.40. The summed E-state index contributed by atoms with van der Waals surface area (Å²) in [5.41, 5.74) is 5.35. The number of aromatic nitrogens is 3. The highest BCUT2D eigenvalue weighted by Gasteiger charge is 2.43. The van der Waals surface area contributed by atoms with Gasteiger partial charge in [-0.2, -0.15) is 0 Å². The van der Waals surface area contributed by atoms with E-state index in [0.717, 1.165) is 29.5 Å². The van der Waals surface area contributed by atoms with E-state index >= 15 is 0 Å². The van der Waals surface area contributed by atoms with E-state index < -0.39 is 6.09 Å². The second kappa shape index (κ2) is 14.1. The molecule has 1 aromatic carbocycles. The summed E-state index contributed by atoms with van der Waals surface area (Å²) >= 11 is 0. The van der Waals surface area contributed by atoms with E-state index in [1.54, 1.807) is 16.7 Å². The van der Waals surface area contributed by atoms with E-state index in [2.05, 4.69) is 96.7 Å². The predicted octanol–water partition coefficient (Wildman–Crippen LogP) is 9.84. The number of nitrogens with one attached hydrogen (secondary N) is 1. The third kappa shape index (κ3) is 7.54. The van der Waals surface area contributed by atoms with Crippen molar-refractivity contribution in [1.82, 2.24) is 19.5 Å². The third-order valence-electron chi connectivity index (χ3n) is 9.49. The summed E-state index contributed by atoms with van der Waals surface area (Å²) in [7, 11) is 0. The van der Waals surface area contributed by atoms with Crippen molar-refractivity contribution in [3.8, 4) is 17.3 Å². The molecule has 4 rings (SSSR count). The Labute approximate surface area is 270 Å². The Morgan fingerprint density at radius 2 is 1.91 bits per heavy atom. The molecule has 3 aromatic rings. The van der Waals surface area contributed by atoms with Gasteiger partial charge in [-0.15, -0.1) is 13.2 Å². The SMILES string of the molecule is [C-]#[N+]c1c(CC2C(CC(C)C)CC(C)CC2C(C)(C)C)c2nc(-c3cc(C)cc(CC)c3)[nH]n2c1OC(=O)N(CC=C)CC=C. The van der Waals surface area contributed by atoms with Crippen LogP contribution < -0.4 is 4.74 Å². The lowest BCUT2D eigenvalue weighted by molar-refractivity contribution is 0.0259. The maximum Gasteiger partial charge on any atom is 0.416 e. The number of aromatic amines is 1. The zero-order valence-corrected chi connectivity index (χ0v) is 28.7. The number of hydrogen-bond acceptors (Lipinski definition) is 3. The number of amides is 1. The highest BCUT2D eigenvalue weighted by Crippen LogP contribution is 2.51. The van der Waals surface area contributed by atoms with Crippen LogP contribution in [0.5, 0.6) is 5.88 Å². The molecule has 0 aliphatic heterocycles. The average molecular weight is 612 g/mol. The highest BCUT2D eigenvalue weighted by atomic mass is 16.6. The van der Waals surface area contributed by atoms with Crippen molar-refractivity contribution in [2.75, 3.05) is 13.1 Å². The fourth-order valence-corrected chi connectivity index (χ4v) is 7.58. The summed E-state index contributed by atoms with van der Waals surface area (Å²) in [5.74, 6) is 3.53. The number of benzene rings is 1. The van der Waals surface area contributed by atoms with Crippen LogP contribution in [0.3, 0.4) is 0 Å². The van der Waals surface area contributed by atoms with E-state index in [4.69, 9.17) is 16.3 Å². The second-order valence-electron chi connectivity index (χ2n) is 14.7. The van der Waals surface area contributed by atoms with Gasteiger partial charge < -0.3 is 9.64 Å². The molecule has 1 N–H and O–H groups in total. The van der Waals surface area contributed by atoms with E-state index in [-0.39, 0.29) is 11.3 Å². The van der Waals surface area contributed by atoms with Crippen LogP contribution >= 0.6 is 0 Å². The first kappa shape index (κ1) is 34.1. The van der Waals surface area contributed by atoms with Crippen molar-refractivity contribution in [3.05, 3.63) is 71.6 Å². The molecule has 4 atom stereocenters. The number of H-pyrrole nitrogens is 1. The predicted molar refractivity (Wildman–Crippen MR) is 185 cm³/mol. The summed E-state index contributed by atoms with van der Waals surface area (Å²) in [6.07, 6.45) is 7.90. The van der Waals surface area contributed by atoms with Crippen molar-refractivity contribution >= 4 is 17.4 Å². The number of rotatable bonds is 11. The number of aryl methyl sites for hydroxylation is 2. The van der Waals surface area contributed by atoms with Gasteiger partial charge in [0.15, 0.2) is 5.82 Å². The van der Waals surface area contributed by atoms with Gasteiger partial charge in [-0.05, 0) is 91.7 Å². The standard InChI is InChI=1S/C38H53N5O2/c1-12-15-42(16-13-2)37(44)45-36-33(39-11)31(23-30-28(17-24(4)5)19-26(7)21-32(30)38(8,9)10)35-40-34(41-43(35)36)29-20-25(6)18-27(14-3)22-29/h12-13,18,20,22,24,26,28,30,32H,1-2,14-17,19,21,23H2,3-10H3,(H,40,41). The summed E-state index contributed by atoms with van der Waals surface area (Å²) in [6.45, 7) is 34.8. The maximum atomic E-state index is 13.5. The number of nitrogens with zero attached hydrogens (tertiary/aromatic N) is 4. The molecule has 1 amide bonds. The molecule has 4 unspecified atom stereocenters. The molecule has 1 saturated carbocycles. The van der Waals surface area contributed by atoms with Gasteiger partial charge in [0.2, 0.25) is 5.88 Å². The average Bonchev–Trinajstić information content (AvgIpc) is 3.51. The van der Waals surface area contributed by atoms with Crippen LogP contribution in [-0.4, -0.2) is 38.7 Å². The molecule has 45 heavy (non-hydrogen) atoms. The minimum absolute atomic E-state index is 0.117. The Morgan fingerprint density at radius 1 is 1.22 bits per heavy atom. The monoisotopic (exact) mass is 611 g/mol. The van der Waals surface area contributed by atoms with E-state index in [9.17, 15) is 4.79 Å². The maximum absolute atomic E-state index is 13.5. The smallest absolute Gasteiger partial charge is 0.402 e. The van der Waals surface area contributed by atoms with Crippen molar-refractivity contribution in [1.29, 1.82) is 0 Å². The minimum atomic E-state index is -0.553. The first-order valence-corrected chi connectivity index (χ1v) is 16.6. The zero-order chi connectivity index (χ0) is 33.1. The fraction of sp³-hybridized carbons (Fsp3) is 0.553. The zero-order valence-electron chi connectivity index (χ0n) is 28.7. The van der Waals surface area contributed by atoms with Gasteiger partial charge in [0.05, 0.1) is 6.57 Å². The Morgan fingerprint density at radius 3 is 2.49 bits per heavy atom. The molecular formula is C38H53N5O2. The largest absolute Gasteiger partial charge is 0.416 e. The first-order chi connectivity index (χ1) is 21.3. The van der Waals surface area contributed by atoms with Crippen LogP contribution in [0.1, 0.15) is 84.4 Å². The van der Waals surface area contributed by atoms with Crippen LogP contribution in [0.25, 0.3) is 21.9 Å². The summed E-state index contributed by atoms with van der Waals surface area (Å²) < 4.78 is 7.80. The van der Waals surface area contributed by atoms with Crippen molar-refractivity contribution in [2.45, 2.75) is 87.5 Å². The molecule has 0 saturated heterocycles. The van der Waals surface area contributed by atoms with Gasteiger partial charge in [-0.25, -0.2) is 19.1 Å². The lowest BCUT2D eigenvalue weighted by Gasteiger charge is -2.48. The fourth-order valence-electron chi connectivity index (χ4n) is 7.58. The Balaban J connectivity index is 1.91. The number of carbonyl (C=O) groups is 1. The van der Waals surface area contributed by atoms with Crippen LogP contribution in [-0.2, 0) is 12.8 Å². The molecule has 1 fully saturated rings. The van der Waals surface area contributed by atoms with Crippen molar-refractivity contribution < 1.29 is 9.53 Å². The van der Waals surface area contributed by atoms with Gasteiger partial charge in [0, 0.05) is 24.2 Å². The topological polar surface area (TPSA) is 67.0 Å². The van der Waals surface area contributed by atoms with Gasteiger partial charge in [0.25, 0.3) is 5.69 Å². The van der Waals surface area contributed by atoms with Crippen LogP contribution in [0, 0.1) is 48.5 Å². The second-order valence-corrected chi connectivity index (χ2v) is 14.7. The van der Waals surface area contributed by atoms with E-state index in [1.807, 2.05) is 0 Å².